The van der Waals surface area contributed by atoms with Gasteiger partial charge in [-0.1, -0.05) is 17.7 Å². The van der Waals surface area contributed by atoms with Crippen molar-refractivity contribution in [3.63, 3.8) is 0 Å². The van der Waals surface area contributed by atoms with Gasteiger partial charge in [0.05, 0.1) is 0 Å². The largest absolute Gasteiger partial charge is 0.319 e. The first-order valence-electron chi connectivity index (χ1n) is 5.97. The lowest BCUT2D eigenvalue weighted by atomic mass is 9.80. The van der Waals surface area contributed by atoms with E-state index < -0.39 is 0 Å². The van der Waals surface area contributed by atoms with Crippen LogP contribution in [0.1, 0.15) is 41.0 Å². The number of likely N-dealkylation sites (N-methyl/N-ethyl adjacent to an activating group) is 1. The molecule has 0 saturated carbocycles. The Labute approximate surface area is 92.9 Å². The van der Waals surface area contributed by atoms with Crippen molar-refractivity contribution in [2.75, 3.05) is 13.6 Å². The molecule has 1 heteroatoms. The number of aryl methyl sites for hydroxylation is 2. The van der Waals surface area contributed by atoms with Crippen LogP contribution in [0.5, 0.6) is 0 Å². The number of hydrogen-bond acceptors (Lipinski definition) is 1. The third kappa shape index (κ3) is 2.07. The van der Waals surface area contributed by atoms with Crippen molar-refractivity contribution in [1.29, 1.82) is 0 Å². The second kappa shape index (κ2) is 4.36. The Bertz CT molecular complexity index is 355. The van der Waals surface area contributed by atoms with E-state index in [0.717, 1.165) is 12.5 Å². The quantitative estimate of drug-likeness (QED) is 0.779. The number of fused-ring (bicyclic) bond motifs is 1. The Hall–Kier alpha value is -0.820. The lowest BCUT2D eigenvalue weighted by Gasteiger charge is -2.27. The molecule has 2 rings (SSSR count). The second-order valence-electron chi connectivity index (χ2n) is 4.80. The fraction of sp³-hybridized carbons (Fsp3) is 0.571. The highest BCUT2D eigenvalue weighted by Crippen LogP contribution is 2.33. The van der Waals surface area contributed by atoms with E-state index in [1.165, 1.54) is 30.4 Å². The van der Waals surface area contributed by atoms with Gasteiger partial charge in [-0.3, -0.25) is 0 Å². The van der Waals surface area contributed by atoms with Crippen molar-refractivity contribution in [2.45, 2.75) is 39.0 Å². The molecule has 0 aromatic heterocycles. The number of rotatable bonds is 2. The van der Waals surface area contributed by atoms with Crippen LogP contribution in [0.4, 0.5) is 0 Å². The fourth-order valence-corrected chi connectivity index (χ4v) is 2.88. The number of nitrogens with one attached hydrogen (secondary N) is 1. The number of hydrogen-bond donors (Lipinski definition) is 1. The van der Waals surface area contributed by atoms with E-state index in [1.54, 1.807) is 11.1 Å². The molecule has 1 unspecified atom stereocenters. The van der Waals surface area contributed by atoms with Gasteiger partial charge in [0.25, 0.3) is 0 Å². The van der Waals surface area contributed by atoms with Gasteiger partial charge in [-0.05, 0) is 62.8 Å². The zero-order valence-electron chi connectivity index (χ0n) is 10.1. The minimum absolute atomic E-state index is 0.734. The molecule has 0 radical (unpaired) electrons. The van der Waals surface area contributed by atoms with Crippen LogP contribution >= 0.6 is 0 Å². The summed E-state index contributed by atoms with van der Waals surface area (Å²) in [6.45, 7) is 5.59. The van der Waals surface area contributed by atoms with E-state index in [-0.39, 0.29) is 0 Å². The first kappa shape index (κ1) is 10.7. The molecule has 82 valence electrons. The van der Waals surface area contributed by atoms with Crippen molar-refractivity contribution in [3.8, 4) is 0 Å². The first-order valence-corrected chi connectivity index (χ1v) is 5.97. The Morgan fingerprint density at radius 2 is 2.13 bits per heavy atom. The second-order valence-corrected chi connectivity index (χ2v) is 4.80. The summed E-state index contributed by atoms with van der Waals surface area (Å²) in [5.74, 6) is 0.734. The van der Waals surface area contributed by atoms with Gasteiger partial charge in [0.15, 0.2) is 0 Å². The minimum Gasteiger partial charge on any atom is -0.319 e. The van der Waals surface area contributed by atoms with Crippen molar-refractivity contribution >= 4 is 0 Å². The Morgan fingerprint density at radius 1 is 1.33 bits per heavy atom. The molecule has 1 nitrogen and oxygen atoms in total. The summed E-state index contributed by atoms with van der Waals surface area (Å²) in [4.78, 5) is 0. The van der Waals surface area contributed by atoms with Gasteiger partial charge in [0.1, 0.15) is 0 Å². The molecule has 0 heterocycles. The summed E-state index contributed by atoms with van der Waals surface area (Å²) >= 11 is 0. The summed E-state index contributed by atoms with van der Waals surface area (Å²) in [6.07, 6.45) is 3.97. The molecule has 15 heavy (non-hydrogen) atoms. The summed E-state index contributed by atoms with van der Waals surface area (Å²) in [7, 11) is 2.05. The van der Waals surface area contributed by atoms with E-state index in [0.29, 0.717) is 0 Å². The average molecular weight is 203 g/mol. The molecular formula is C14H21N. The van der Waals surface area contributed by atoms with Gasteiger partial charge in [0.2, 0.25) is 0 Å². The van der Waals surface area contributed by atoms with Crippen LogP contribution in [0.2, 0.25) is 0 Å². The van der Waals surface area contributed by atoms with Gasteiger partial charge in [-0.25, -0.2) is 0 Å². The van der Waals surface area contributed by atoms with Crippen LogP contribution in [0, 0.1) is 13.8 Å². The van der Waals surface area contributed by atoms with Crippen molar-refractivity contribution in [2.24, 2.45) is 0 Å². The first-order chi connectivity index (χ1) is 7.22. The maximum Gasteiger partial charge on any atom is 0.00172 e. The minimum atomic E-state index is 0.734. The molecule has 1 aliphatic carbocycles. The molecule has 1 aromatic carbocycles. The van der Waals surface area contributed by atoms with Crippen LogP contribution < -0.4 is 5.32 Å². The Kier molecular flexibility index (Phi) is 3.11. The van der Waals surface area contributed by atoms with Crippen LogP contribution in [0.25, 0.3) is 0 Å². The van der Waals surface area contributed by atoms with E-state index >= 15 is 0 Å². The molecule has 0 amide bonds. The molecular weight excluding hydrogens is 182 g/mol. The van der Waals surface area contributed by atoms with Gasteiger partial charge >= 0.3 is 0 Å². The molecule has 0 bridgehead atoms. The predicted molar refractivity (Wildman–Crippen MR) is 65.5 cm³/mol. The van der Waals surface area contributed by atoms with Gasteiger partial charge in [-0.15, -0.1) is 0 Å². The van der Waals surface area contributed by atoms with Crippen LogP contribution in [0.3, 0.4) is 0 Å². The summed E-state index contributed by atoms with van der Waals surface area (Å²) in [6, 6.07) is 4.71. The number of benzene rings is 1. The van der Waals surface area contributed by atoms with E-state index in [9.17, 15) is 0 Å². The Morgan fingerprint density at radius 3 is 2.87 bits per heavy atom. The van der Waals surface area contributed by atoms with E-state index in [4.69, 9.17) is 0 Å². The molecule has 1 aliphatic rings. The molecule has 1 aromatic rings. The standard InChI is InChI=1S/C14H21N/c1-10-7-11(2)13-6-4-5-12(9-15-3)14(13)8-10/h7-8,12,15H,4-6,9H2,1-3H3. The zero-order chi connectivity index (χ0) is 10.8. The van der Waals surface area contributed by atoms with Crippen molar-refractivity contribution in [1.82, 2.24) is 5.32 Å². The van der Waals surface area contributed by atoms with Crippen molar-refractivity contribution in [3.05, 3.63) is 34.4 Å². The van der Waals surface area contributed by atoms with E-state index in [2.05, 4.69) is 38.3 Å². The summed E-state index contributed by atoms with van der Waals surface area (Å²) in [5.41, 5.74) is 6.13. The van der Waals surface area contributed by atoms with Gasteiger partial charge in [-0.2, -0.15) is 0 Å². The smallest absolute Gasteiger partial charge is 0.00172 e. The topological polar surface area (TPSA) is 12.0 Å². The van der Waals surface area contributed by atoms with Crippen molar-refractivity contribution < 1.29 is 0 Å². The van der Waals surface area contributed by atoms with E-state index in [1.807, 2.05) is 0 Å². The normalized spacial score (nSPS) is 20.1. The highest BCUT2D eigenvalue weighted by Gasteiger charge is 2.20. The highest BCUT2D eigenvalue weighted by molar-refractivity contribution is 5.42. The third-order valence-electron chi connectivity index (χ3n) is 3.52. The van der Waals surface area contributed by atoms with Crippen LogP contribution in [0.15, 0.2) is 12.1 Å². The fourth-order valence-electron chi connectivity index (χ4n) is 2.88. The molecule has 1 atom stereocenters. The van der Waals surface area contributed by atoms with Crippen LogP contribution in [-0.2, 0) is 6.42 Å². The predicted octanol–water partition coefficient (Wildman–Crippen LogP) is 2.94. The lowest BCUT2D eigenvalue weighted by Crippen LogP contribution is -2.22. The van der Waals surface area contributed by atoms with Gasteiger partial charge in [0, 0.05) is 6.54 Å². The molecule has 0 fully saturated rings. The average Bonchev–Trinajstić information content (AvgIpc) is 2.19. The maximum absolute atomic E-state index is 3.32. The summed E-state index contributed by atoms with van der Waals surface area (Å²) in [5, 5.41) is 3.32. The monoisotopic (exact) mass is 203 g/mol. The third-order valence-corrected chi connectivity index (χ3v) is 3.52. The molecule has 1 N–H and O–H groups in total. The highest BCUT2D eigenvalue weighted by atomic mass is 14.8. The zero-order valence-corrected chi connectivity index (χ0v) is 10.1. The molecule has 0 spiro atoms. The maximum atomic E-state index is 3.32. The lowest BCUT2D eigenvalue weighted by molar-refractivity contribution is 0.527. The van der Waals surface area contributed by atoms with Crippen LogP contribution in [-0.4, -0.2) is 13.6 Å². The summed E-state index contributed by atoms with van der Waals surface area (Å²) < 4.78 is 0. The molecule has 0 aliphatic heterocycles. The van der Waals surface area contributed by atoms with Gasteiger partial charge < -0.3 is 5.32 Å². The Balaban J connectivity index is 2.41. The molecule has 0 saturated heterocycles. The SMILES string of the molecule is CNCC1CCCc2c(C)cc(C)cc21.